The van der Waals surface area contributed by atoms with Crippen LogP contribution in [0.2, 0.25) is 5.02 Å². The van der Waals surface area contributed by atoms with E-state index in [0.29, 0.717) is 60.1 Å². The van der Waals surface area contributed by atoms with Gasteiger partial charge in [-0.2, -0.15) is 0 Å². The fraction of sp³-hybridized carbons (Fsp3) is 0.452. The van der Waals surface area contributed by atoms with Gasteiger partial charge in [0.1, 0.15) is 17.2 Å². The lowest BCUT2D eigenvalue weighted by atomic mass is 9.95. The first-order valence-electron chi connectivity index (χ1n) is 14.5. The Bertz CT molecular complexity index is 1650. The number of anilines is 2. The zero-order valence-corrected chi connectivity index (χ0v) is 27.1. The van der Waals surface area contributed by atoms with E-state index in [4.69, 9.17) is 25.5 Å². The Kier molecular flexibility index (Phi) is 8.93. The Morgan fingerprint density at radius 2 is 2.07 bits per heavy atom. The van der Waals surface area contributed by atoms with Crippen molar-refractivity contribution in [1.29, 1.82) is 0 Å². The second kappa shape index (κ2) is 12.7. The number of ether oxygens (including phenoxy) is 2. The molecule has 4 atom stereocenters. The summed E-state index contributed by atoms with van der Waals surface area (Å²) in [5, 5.41) is 1.40. The van der Waals surface area contributed by atoms with Gasteiger partial charge in [0.25, 0.3) is 12.4 Å². The number of alkyl halides is 3. The fourth-order valence-corrected chi connectivity index (χ4v) is 7.30. The number of aromatic nitrogens is 2. The van der Waals surface area contributed by atoms with Crippen LogP contribution in [-0.2, 0) is 15.9 Å². The summed E-state index contributed by atoms with van der Waals surface area (Å²) in [6.07, 6.45) is -0.845. The van der Waals surface area contributed by atoms with E-state index in [1.165, 1.54) is 0 Å². The molecule has 0 N–H and O–H groups in total. The topological polar surface area (TPSA) is 76.2 Å². The van der Waals surface area contributed by atoms with E-state index in [2.05, 4.69) is 62.4 Å². The van der Waals surface area contributed by atoms with Crippen LogP contribution in [0.3, 0.4) is 0 Å². The Morgan fingerprint density at radius 3 is 2.81 bits per heavy atom. The van der Waals surface area contributed by atoms with Crippen molar-refractivity contribution >= 4 is 73.8 Å². The molecular formula is C31H33ClF2IN5O3. The third kappa shape index (κ3) is 5.87. The van der Waals surface area contributed by atoms with Gasteiger partial charge in [-0.25, -0.2) is 23.7 Å². The molecule has 6 rings (SSSR count). The summed E-state index contributed by atoms with van der Waals surface area (Å²) in [6.45, 7) is 5.96. The van der Waals surface area contributed by atoms with E-state index in [-0.39, 0.29) is 22.1 Å². The molecule has 0 bridgehead atoms. The van der Waals surface area contributed by atoms with Crippen LogP contribution >= 0.6 is 34.2 Å². The maximum atomic E-state index is 14.0. The van der Waals surface area contributed by atoms with Gasteiger partial charge in [-0.05, 0) is 48.7 Å². The molecule has 1 unspecified atom stereocenters. The molecule has 228 valence electrons. The van der Waals surface area contributed by atoms with Crippen LogP contribution in [0.25, 0.3) is 22.1 Å². The van der Waals surface area contributed by atoms with Gasteiger partial charge in [0.15, 0.2) is 17.2 Å². The Hall–Kier alpha value is -2.77. The van der Waals surface area contributed by atoms with Crippen LogP contribution in [0, 0.1) is 5.92 Å². The number of fused-ring (bicyclic) bond motifs is 3. The van der Waals surface area contributed by atoms with Crippen molar-refractivity contribution in [3.05, 3.63) is 58.9 Å². The lowest BCUT2D eigenvalue weighted by Crippen LogP contribution is -2.50. The number of hydrogen-bond acceptors (Lipinski definition) is 7. The van der Waals surface area contributed by atoms with Crippen LogP contribution < -0.4 is 9.80 Å². The largest absolute Gasteiger partial charge is 0.460 e. The van der Waals surface area contributed by atoms with E-state index >= 15 is 0 Å². The molecule has 2 aliphatic heterocycles. The van der Waals surface area contributed by atoms with Gasteiger partial charge in [-0.3, -0.25) is 4.90 Å². The van der Waals surface area contributed by atoms with Crippen LogP contribution in [0.4, 0.5) is 20.3 Å². The molecule has 2 aliphatic rings. The molecule has 0 saturated carbocycles. The number of halogens is 4. The average molecular weight is 724 g/mol. The lowest BCUT2D eigenvalue weighted by Gasteiger charge is -2.40. The van der Waals surface area contributed by atoms with E-state index in [1.54, 1.807) is 13.1 Å². The quantitative estimate of drug-likeness (QED) is 0.0661. The van der Waals surface area contributed by atoms with Crippen molar-refractivity contribution < 1.29 is 22.7 Å². The molecule has 0 spiro atoms. The number of hydrogen-bond donors (Lipinski definition) is 0. The number of aryl methyl sites for hydroxylation is 1. The standard InChI is InChI=1S/C31H33ClF2IN5O3/c1-4-18-13-19(9-10-22(18)32)40(23-11-12-41-16-17(23)2)31(36-3)42-20-14-25(35)39(15-20)30-27-26(37-29(38-30)28(33)34)21-7-5-6-8-24(21)43-27/h5-10,13,17,20,23,25,28H,4,11-12,14-16H2,1-3H3/t17-,20-,23?,25-/m0/s1. The second-order valence-corrected chi connectivity index (χ2v) is 12.8. The summed E-state index contributed by atoms with van der Waals surface area (Å²) in [5.41, 5.74) is 3.36. The number of rotatable bonds is 6. The third-order valence-corrected chi connectivity index (χ3v) is 9.72. The number of furan rings is 1. The monoisotopic (exact) mass is 723 g/mol. The van der Waals surface area contributed by atoms with Gasteiger partial charge in [0.2, 0.25) is 0 Å². The molecule has 2 aromatic heterocycles. The van der Waals surface area contributed by atoms with Gasteiger partial charge in [-0.1, -0.05) is 60.2 Å². The maximum absolute atomic E-state index is 14.0. The molecule has 8 nitrogen and oxygen atoms in total. The molecular weight excluding hydrogens is 691 g/mol. The third-order valence-electron chi connectivity index (χ3n) is 8.17. The number of aliphatic imine (C=N–C) groups is 1. The van der Waals surface area contributed by atoms with Crippen LogP contribution in [-0.4, -0.2) is 59.0 Å². The van der Waals surface area contributed by atoms with Crippen molar-refractivity contribution in [2.45, 2.75) is 55.7 Å². The Morgan fingerprint density at radius 1 is 1.26 bits per heavy atom. The summed E-state index contributed by atoms with van der Waals surface area (Å²) in [4.78, 5) is 17.3. The van der Waals surface area contributed by atoms with Gasteiger partial charge in [0, 0.05) is 48.1 Å². The number of nitrogens with zero attached hydrogens (tertiary/aromatic N) is 5. The highest BCUT2D eigenvalue weighted by Crippen LogP contribution is 2.39. The first kappa shape index (κ1) is 30.3. The van der Waals surface area contributed by atoms with Crippen molar-refractivity contribution in [3.63, 3.8) is 0 Å². The smallest absolute Gasteiger partial charge is 0.297 e. The van der Waals surface area contributed by atoms with Gasteiger partial charge in [-0.15, -0.1) is 0 Å². The minimum Gasteiger partial charge on any atom is -0.460 e. The minimum atomic E-state index is -2.82. The molecule has 0 aliphatic carbocycles. The molecule has 2 fully saturated rings. The van der Waals surface area contributed by atoms with E-state index < -0.39 is 12.2 Å². The molecule has 4 heterocycles. The zero-order chi connectivity index (χ0) is 30.2. The number of para-hydroxylation sites is 1. The molecule has 2 saturated heterocycles. The van der Waals surface area contributed by atoms with Gasteiger partial charge >= 0.3 is 0 Å². The van der Waals surface area contributed by atoms with Crippen molar-refractivity contribution in [2.75, 3.05) is 36.6 Å². The summed E-state index contributed by atoms with van der Waals surface area (Å²) >= 11 is 8.80. The first-order valence-corrected chi connectivity index (χ1v) is 16.1. The van der Waals surface area contributed by atoms with Crippen LogP contribution in [0.15, 0.2) is 51.9 Å². The summed E-state index contributed by atoms with van der Waals surface area (Å²) in [6, 6.07) is 13.9. The average Bonchev–Trinajstić information content (AvgIpc) is 3.57. The predicted molar refractivity (Wildman–Crippen MR) is 174 cm³/mol. The lowest BCUT2D eigenvalue weighted by molar-refractivity contribution is 0.0478. The van der Waals surface area contributed by atoms with Gasteiger partial charge in [0.05, 0.1) is 17.2 Å². The van der Waals surface area contributed by atoms with E-state index in [0.717, 1.165) is 29.1 Å². The highest BCUT2D eigenvalue weighted by molar-refractivity contribution is 14.1. The minimum absolute atomic E-state index is 0.0878. The summed E-state index contributed by atoms with van der Waals surface area (Å²) in [7, 11) is 1.73. The van der Waals surface area contributed by atoms with Gasteiger partial charge < -0.3 is 18.8 Å². The molecule has 43 heavy (non-hydrogen) atoms. The Labute approximate surface area is 267 Å². The first-order chi connectivity index (χ1) is 20.8. The number of benzene rings is 2. The van der Waals surface area contributed by atoms with Crippen LogP contribution in [0.1, 0.15) is 44.5 Å². The SMILES string of the molecule is CCc1cc(N(C(=NC)O[C@H]2C[C@@H](I)N(c3nc(C(F)F)nc4c3oc3ccccc34)C2)C2CCOC[C@@H]2C)ccc1Cl. The van der Waals surface area contributed by atoms with E-state index in [1.807, 2.05) is 35.2 Å². The maximum Gasteiger partial charge on any atom is 0.297 e. The van der Waals surface area contributed by atoms with Crippen LogP contribution in [0.5, 0.6) is 0 Å². The molecule has 12 heteroatoms. The Balaban J connectivity index is 1.33. The summed E-state index contributed by atoms with van der Waals surface area (Å²) < 4.78 is 46.4. The fourth-order valence-electron chi connectivity index (χ4n) is 5.99. The molecule has 0 radical (unpaired) electrons. The highest BCUT2D eigenvalue weighted by Gasteiger charge is 2.39. The highest BCUT2D eigenvalue weighted by atomic mass is 127. The van der Waals surface area contributed by atoms with Crippen molar-refractivity contribution in [2.24, 2.45) is 10.9 Å². The molecule has 2 aromatic carbocycles. The van der Waals surface area contributed by atoms with E-state index in [9.17, 15) is 8.78 Å². The zero-order valence-electron chi connectivity index (χ0n) is 24.1. The predicted octanol–water partition coefficient (Wildman–Crippen LogP) is 7.80. The van der Waals surface area contributed by atoms with Crippen molar-refractivity contribution in [3.8, 4) is 0 Å². The number of amidine groups is 1. The second-order valence-electron chi connectivity index (χ2n) is 11.0. The molecule has 4 aromatic rings. The normalized spacial score (nSPS) is 23.1. The summed E-state index contributed by atoms with van der Waals surface area (Å²) in [5.74, 6) is 0.0616. The van der Waals surface area contributed by atoms with Crippen molar-refractivity contribution in [1.82, 2.24) is 9.97 Å². The molecule has 0 amide bonds.